The lowest BCUT2D eigenvalue weighted by Gasteiger charge is -2.33. The maximum Gasteiger partial charge on any atom is 0.304 e. The Morgan fingerprint density at radius 2 is 2.39 bits per heavy atom. The van der Waals surface area contributed by atoms with Crippen LogP contribution in [0, 0.1) is 10.1 Å². The molecule has 0 amide bonds. The zero-order valence-corrected chi connectivity index (χ0v) is 11.0. The average molecular weight is 270 g/mol. The minimum atomic E-state index is -0.430. The summed E-state index contributed by atoms with van der Waals surface area (Å²) in [5, 5.41) is 11.6. The van der Waals surface area contributed by atoms with Crippen LogP contribution < -0.4 is 4.90 Å². The van der Waals surface area contributed by atoms with Crippen LogP contribution in [0.2, 0.25) is 0 Å². The lowest BCUT2D eigenvalue weighted by molar-refractivity contribution is -0.383. The Balaban J connectivity index is 2.41. The van der Waals surface area contributed by atoms with E-state index in [2.05, 4.69) is 0 Å². The normalized spacial score (nSPS) is 19.9. The third kappa shape index (κ3) is 2.37. The molecule has 2 heterocycles. The molecule has 0 spiro atoms. The Bertz CT molecular complexity index is 485. The fourth-order valence-electron chi connectivity index (χ4n) is 1.91. The van der Waals surface area contributed by atoms with Gasteiger partial charge in [0.25, 0.3) is 0 Å². The molecule has 7 heteroatoms. The SMILES string of the molecule is CC(=O)c1cc([N+](=O)[O-])c(N2CCOCC2C)s1. The van der Waals surface area contributed by atoms with Crippen molar-refractivity contribution in [3.63, 3.8) is 0 Å². The highest BCUT2D eigenvalue weighted by Gasteiger charge is 2.29. The smallest absolute Gasteiger partial charge is 0.304 e. The molecule has 1 saturated heterocycles. The number of carbonyl (C=O) groups is 1. The Hall–Kier alpha value is -1.47. The summed E-state index contributed by atoms with van der Waals surface area (Å²) in [6.07, 6.45) is 0. The number of morpholine rings is 1. The highest BCUT2D eigenvalue weighted by atomic mass is 32.1. The Kier molecular flexibility index (Phi) is 3.63. The third-order valence-electron chi connectivity index (χ3n) is 2.87. The van der Waals surface area contributed by atoms with E-state index in [1.54, 1.807) is 0 Å². The predicted octanol–water partition coefficient (Wildman–Crippen LogP) is 2.08. The molecule has 1 atom stereocenters. The van der Waals surface area contributed by atoms with E-state index >= 15 is 0 Å². The summed E-state index contributed by atoms with van der Waals surface area (Å²) >= 11 is 1.19. The Labute approximate surface area is 108 Å². The number of carbonyl (C=O) groups excluding carboxylic acids is 1. The molecular formula is C11H14N2O4S. The van der Waals surface area contributed by atoms with Gasteiger partial charge in [-0.1, -0.05) is 0 Å². The summed E-state index contributed by atoms with van der Waals surface area (Å²) in [5.41, 5.74) is 0.0129. The topological polar surface area (TPSA) is 72.7 Å². The Morgan fingerprint density at radius 3 is 2.94 bits per heavy atom. The number of hydrogen-bond acceptors (Lipinski definition) is 6. The van der Waals surface area contributed by atoms with Gasteiger partial charge in [-0.25, -0.2) is 0 Å². The first-order valence-electron chi connectivity index (χ1n) is 5.64. The van der Waals surface area contributed by atoms with Crippen molar-refractivity contribution in [3.8, 4) is 0 Å². The summed E-state index contributed by atoms with van der Waals surface area (Å²) in [6.45, 7) is 5.08. The van der Waals surface area contributed by atoms with E-state index in [-0.39, 0.29) is 17.5 Å². The molecule has 1 unspecified atom stereocenters. The van der Waals surface area contributed by atoms with Gasteiger partial charge in [0.1, 0.15) is 0 Å². The van der Waals surface area contributed by atoms with Gasteiger partial charge in [-0.2, -0.15) is 0 Å². The van der Waals surface area contributed by atoms with Gasteiger partial charge in [0.15, 0.2) is 10.8 Å². The molecule has 1 aromatic heterocycles. The summed E-state index contributed by atoms with van der Waals surface area (Å²) < 4.78 is 5.31. The van der Waals surface area contributed by atoms with Gasteiger partial charge < -0.3 is 9.64 Å². The molecule has 98 valence electrons. The number of ketones is 1. The molecule has 0 bridgehead atoms. The van der Waals surface area contributed by atoms with Gasteiger partial charge in [0.2, 0.25) is 0 Å². The highest BCUT2D eigenvalue weighted by Crippen LogP contribution is 2.39. The average Bonchev–Trinajstić information content (AvgIpc) is 2.74. The van der Waals surface area contributed by atoms with Gasteiger partial charge in [0, 0.05) is 12.6 Å². The van der Waals surface area contributed by atoms with E-state index in [0.717, 1.165) is 0 Å². The number of nitrogens with zero attached hydrogens (tertiary/aromatic N) is 2. The second kappa shape index (κ2) is 5.03. The number of ether oxygens (including phenoxy) is 1. The largest absolute Gasteiger partial charge is 0.377 e. The van der Waals surface area contributed by atoms with Crippen molar-refractivity contribution in [2.45, 2.75) is 19.9 Å². The first-order valence-corrected chi connectivity index (χ1v) is 6.46. The monoisotopic (exact) mass is 270 g/mol. The number of nitro groups is 1. The van der Waals surface area contributed by atoms with Crippen LogP contribution in [0.15, 0.2) is 6.07 Å². The van der Waals surface area contributed by atoms with Crippen molar-refractivity contribution in [1.82, 2.24) is 0 Å². The molecule has 0 aromatic carbocycles. The summed E-state index contributed by atoms with van der Waals surface area (Å²) in [4.78, 5) is 24.3. The van der Waals surface area contributed by atoms with Crippen molar-refractivity contribution in [3.05, 3.63) is 21.1 Å². The van der Waals surface area contributed by atoms with Crippen molar-refractivity contribution in [2.75, 3.05) is 24.7 Å². The first kappa shape index (κ1) is 13.0. The standard InChI is InChI=1S/C11H14N2O4S/c1-7-6-17-4-3-12(7)11-9(13(15)16)5-10(18-11)8(2)14/h5,7H,3-4,6H2,1-2H3. The summed E-state index contributed by atoms with van der Waals surface area (Å²) in [5.74, 6) is -0.143. The first-order chi connectivity index (χ1) is 8.50. The van der Waals surface area contributed by atoms with Gasteiger partial charge >= 0.3 is 5.69 Å². The van der Waals surface area contributed by atoms with Crippen LogP contribution in [0.25, 0.3) is 0 Å². The third-order valence-corrected chi connectivity index (χ3v) is 4.13. The predicted molar refractivity (Wildman–Crippen MR) is 68.6 cm³/mol. The van der Waals surface area contributed by atoms with Crippen molar-refractivity contribution in [1.29, 1.82) is 0 Å². The lowest BCUT2D eigenvalue weighted by atomic mass is 10.2. The maximum absolute atomic E-state index is 11.3. The molecule has 0 saturated carbocycles. The van der Waals surface area contributed by atoms with Gasteiger partial charge in [-0.05, 0) is 13.8 Å². The summed E-state index contributed by atoms with van der Waals surface area (Å²) in [7, 11) is 0. The van der Waals surface area contributed by atoms with Crippen LogP contribution in [0.5, 0.6) is 0 Å². The number of Topliss-reactive ketones (excluding diaryl/α,β-unsaturated/α-hetero) is 1. The van der Waals surface area contributed by atoms with Crippen LogP contribution in [-0.4, -0.2) is 36.5 Å². The van der Waals surface area contributed by atoms with E-state index < -0.39 is 4.92 Å². The van der Waals surface area contributed by atoms with E-state index in [0.29, 0.717) is 29.6 Å². The molecule has 2 rings (SSSR count). The van der Waals surface area contributed by atoms with Gasteiger partial charge in [0.05, 0.1) is 29.1 Å². The number of thiophene rings is 1. The quantitative estimate of drug-likeness (QED) is 0.477. The van der Waals surface area contributed by atoms with E-state index in [1.165, 1.54) is 24.3 Å². The highest BCUT2D eigenvalue weighted by molar-refractivity contribution is 7.18. The van der Waals surface area contributed by atoms with Gasteiger partial charge in [-0.15, -0.1) is 11.3 Å². The lowest BCUT2D eigenvalue weighted by Crippen LogP contribution is -2.43. The van der Waals surface area contributed by atoms with Crippen molar-refractivity contribution >= 4 is 27.8 Å². The molecule has 1 aliphatic heterocycles. The van der Waals surface area contributed by atoms with E-state index in [9.17, 15) is 14.9 Å². The van der Waals surface area contributed by atoms with Crippen LogP contribution >= 0.6 is 11.3 Å². The number of rotatable bonds is 3. The van der Waals surface area contributed by atoms with Gasteiger partial charge in [-0.3, -0.25) is 14.9 Å². The van der Waals surface area contributed by atoms with Crippen LogP contribution in [0.3, 0.4) is 0 Å². The van der Waals surface area contributed by atoms with Crippen molar-refractivity contribution in [2.24, 2.45) is 0 Å². The Morgan fingerprint density at radius 1 is 1.67 bits per heavy atom. The molecule has 6 nitrogen and oxygen atoms in total. The molecular weight excluding hydrogens is 256 g/mol. The van der Waals surface area contributed by atoms with E-state index in [4.69, 9.17) is 4.74 Å². The molecule has 0 N–H and O–H groups in total. The molecule has 0 radical (unpaired) electrons. The second-order valence-electron chi connectivity index (χ2n) is 4.23. The molecule has 1 aromatic rings. The molecule has 18 heavy (non-hydrogen) atoms. The maximum atomic E-state index is 11.3. The van der Waals surface area contributed by atoms with Crippen LogP contribution in [-0.2, 0) is 4.74 Å². The fourth-order valence-corrected chi connectivity index (χ4v) is 3.06. The van der Waals surface area contributed by atoms with Crippen molar-refractivity contribution < 1.29 is 14.5 Å². The molecule has 1 aliphatic rings. The second-order valence-corrected chi connectivity index (χ2v) is 5.26. The molecule has 0 aliphatic carbocycles. The van der Waals surface area contributed by atoms with Crippen LogP contribution in [0.4, 0.5) is 10.7 Å². The minimum absolute atomic E-state index is 0.0129. The zero-order chi connectivity index (χ0) is 13.3. The zero-order valence-electron chi connectivity index (χ0n) is 10.2. The summed E-state index contributed by atoms with van der Waals surface area (Å²) in [6, 6.07) is 1.45. The number of hydrogen-bond donors (Lipinski definition) is 0. The minimum Gasteiger partial charge on any atom is -0.377 e. The van der Waals surface area contributed by atoms with E-state index in [1.807, 2.05) is 11.8 Å². The molecule has 1 fully saturated rings. The fraction of sp³-hybridized carbons (Fsp3) is 0.545. The van der Waals surface area contributed by atoms with Crippen LogP contribution in [0.1, 0.15) is 23.5 Å². The number of anilines is 1.